The molecule has 1 fully saturated rings. The lowest BCUT2D eigenvalue weighted by atomic mass is 10.1. The average Bonchev–Trinajstić information content (AvgIpc) is 2.10. The van der Waals surface area contributed by atoms with Gasteiger partial charge in [-0.15, -0.1) is 0 Å². The second-order valence-electron chi connectivity index (χ2n) is 2.52. The van der Waals surface area contributed by atoms with Gasteiger partial charge in [-0.05, 0) is 13.8 Å². The molecule has 0 bridgehead atoms. The van der Waals surface area contributed by atoms with Crippen LogP contribution in [0.5, 0.6) is 0 Å². The van der Waals surface area contributed by atoms with Crippen molar-refractivity contribution in [2.45, 2.75) is 32.1 Å². The molecule has 3 atom stereocenters. The van der Waals surface area contributed by atoms with Gasteiger partial charge in [0.2, 0.25) is 0 Å². The molecule has 1 heterocycles. The minimum Gasteiger partial charge on any atom is -0.444 e. The molecule has 0 aromatic rings. The Kier molecular flexibility index (Phi) is 1.80. The normalized spacial score (nSPS) is 34.9. The summed E-state index contributed by atoms with van der Waals surface area (Å²) in [6, 6.07) is -0.257. The van der Waals surface area contributed by atoms with E-state index in [4.69, 9.17) is 9.84 Å². The molecule has 0 radical (unpaired) electrons. The van der Waals surface area contributed by atoms with E-state index in [0.717, 1.165) is 0 Å². The van der Waals surface area contributed by atoms with Crippen LogP contribution in [0.25, 0.3) is 0 Å². The highest BCUT2D eigenvalue weighted by atomic mass is 16.6. The highest BCUT2D eigenvalue weighted by Gasteiger charge is 2.33. The molecule has 0 saturated carbocycles. The maximum Gasteiger partial charge on any atom is 0.407 e. The molecule has 1 aliphatic heterocycles. The van der Waals surface area contributed by atoms with Crippen molar-refractivity contribution in [3.8, 4) is 0 Å². The molecule has 4 heteroatoms. The number of aliphatic hydroxyl groups excluding tert-OH is 1. The zero-order valence-electron chi connectivity index (χ0n) is 6.00. The fraction of sp³-hybridized carbons (Fsp3) is 0.833. The lowest BCUT2D eigenvalue weighted by Gasteiger charge is -2.14. The number of ether oxygens (including phenoxy) is 1. The van der Waals surface area contributed by atoms with Crippen LogP contribution in [0.15, 0.2) is 0 Å². The Labute approximate surface area is 59.2 Å². The number of hydrogen-bond donors (Lipinski definition) is 2. The first kappa shape index (κ1) is 7.34. The van der Waals surface area contributed by atoms with Gasteiger partial charge in [0.25, 0.3) is 0 Å². The quantitative estimate of drug-likeness (QED) is 0.540. The van der Waals surface area contributed by atoms with Crippen molar-refractivity contribution in [1.29, 1.82) is 0 Å². The number of nitrogens with one attached hydrogen (secondary N) is 1. The van der Waals surface area contributed by atoms with E-state index in [1.165, 1.54) is 0 Å². The van der Waals surface area contributed by atoms with E-state index in [2.05, 4.69) is 5.32 Å². The Morgan fingerprint density at radius 2 is 2.40 bits per heavy atom. The van der Waals surface area contributed by atoms with E-state index in [1.54, 1.807) is 13.8 Å². The first-order valence-electron chi connectivity index (χ1n) is 3.26. The Morgan fingerprint density at radius 3 is 2.60 bits per heavy atom. The molecule has 4 nitrogen and oxygen atoms in total. The molecule has 58 valence electrons. The van der Waals surface area contributed by atoms with Gasteiger partial charge in [-0.3, -0.25) is 0 Å². The average molecular weight is 145 g/mol. The van der Waals surface area contributed by atoms with Gasteiger partial charge in [0.1, 0.15) is 6.10 Å². The van der Waals surface area contributed by atoms with Crippen molar-refractivity contribution in [2.75, 3.05) is 0 Å². The van der Waals surface area contributed by atoms with Gasteiger partial charge in [0, 0.05) is 0 Å². The van der Waals surface area contributed by atoms with Gasteiger partial charge >= 0.3 is 6.09 Å². The van der Waals surface area contributed by atoms with Crippen LogP contribution in [0, 0.1) is 0 Å². The smallest absolute Gasteiger partial charge is 0.407 e. The van der Waals surface area contributed by atoms with Crippen LogP contribution >= 0.6 is 0 Å². The second kappa shape index (κ2) is 2.46. The van der Waals surface area contributed by atoms with Gasteiger partial charge in [0.05, 0.1) is 12.1 Å². The molecule has 0 aromatic heterocycles. The Hall–Kier alpha value is -0.770. The van der Waals surface area contributed by atoms with Crippen LogP contribution in [0.2, 0.25) is 0 Å². The minimum absolute atomic E-state index is 0.229. The Bertz CT molecular complexity index is 146. The maximum atomic E-state index is 10.5. The summed E-state index contributed by atoms with van der Waals surface area (Å²) < 4.78 is 4.73. The van der Waals surface area contributed by atoms with E-state index in [-0.39, 0.29) is 12.1 Å². The first-order chi connectivity index (χ1) is 4.61. The Balaban J connectivity index is 2.54. The van der Waals surface area contributed by atoms with E-state index < -0.39 is 12.2 Å². The molecule has 1 saturated heterocycles. The summed E-state index contributed by atoms with van der Waals surface area (Å²) in [5.41, 5.74) is 0. The van der Waals surface area contributed by atoms with Gasteiger partial charge in [-0.25, -0.2) is 4.79 Å². The van der Waals surface area contributed by atoms with E-state index in [9.17, 15) is 4.79 Å². The number of carbonyl (C=O) groups excluding carboxylic acids is 1. The third kappa shape index (κ3) is 1.21. The van der Waals surface area contributed by atoms with E-state index in [0.29, 0.717) is 0 Å². The predicted octanol–water partition coefficient (Wildman–Crippen LogP) is -0.136. The summed E-state index contributed by atoms with van der Waals surface area (Å²) in [6.45, 7) is 3.37. The molecule has 0 unspecified atom stereocenters. The first-order valence-corrected chi connectivity index (χ1v) is 3.26. The highest BCUT2D eigenvalue weighted by Crippen LogP contribution is 2.10. The third-order valence-corrected chi connectivity index (χ3v) is 1.60. The second-order valence-corrected chi connectivity index (χ2v) is 2.52. The molecule has 0 aliphatic carbocycles. The molecule has 0 spiro atoms. The van der Waals surface area contributed by atoms with E-state index in [1.807, 2.05) is 0 Å². The van der Waals surface area contributed by atoms with Crippen LogP contribution in [0.1, 0.15) is 13.8 Å². The third-order valence-electron chi connectivity index (χ3n) is 1.60. The number of aliphatic hydroxyl groups is 1. The molecule has 0 aromatic carbocycles. The summed E-state index contributed by atoms with van der Waals surface area (Å²) in [5.74, 6) is 0. The van der Waals surface area contributed by atoms with Crippen molar-refractivity contribution in [1.82, 2.24) is 5.32 Å². The zero-order chi connectivity index (χ0) is 7.72. The predicted molar refractivity (Wildman–Crippen MR) is 34.5 cm³/mol. The highest BCUT2D eigenvalue weighted by molar-refractivity contribution is 5.70. The standard InChI is InChI=1S/C6H11NO3/c1-3(8)5-4(2)10-6(9)7-5/h3-5,8H,1-2H3,(H,7,9)/t3-,4+,5+/m1/s1. The Morgan fingerprint density at radius 1 is 1.80 bits per heavy atom. The fourth-order valence-electron chi connectivity index (χ4n) is 1.04. The fourth-order valence-corrected chi connectivity index (χ4v) is 1.04. The van der Waals surface area contributed by atoms with Crippen molar-refractivity contribution in [3.05, 3.63) is 0 Å². The monoisotopic (exact) mass is 145 g/mol. The van der Waals surface area contributed by atoms with Crippen LogP contribution in [0.3, 0.4) is 0 Å². The van der Waals surface area contributed by atoms with Crippen LogP contribution in [0.4, 0.5) is 4.79 Å². The molecule has 1 rings (SSSR count). The summed E-state index contributed by atoms with van der Waals surface area (Å²) in [4.78, 5) is 10.5. The van der Waals surface area contributed by atoms with Crippen LogP contribution in [-0.2, 0) is 4.74 Å². The number of carbonyl (C=O) groups is 1. The minimum atomic E-state index is -0.554. The zero-order valence-corrected chi connectivity index (χ0v) is 6.00. The largest absolute Gasteiger partial charge is 0.444 e. The van der Waals surface area contributed by atoms with E-state index >= 15 is 0 Å². The topological polar surface area (TPSA) is 58.6 Å². The molecular formula is C6H11NO3. The number of amides is 1. The molecule has 2 N–H and O–H groups in total. The number of cyclic esters (lactones) is 1. The van der Waals surface area contributed by atoms with Crippen molar-refractivity contribution in [3.63, 3.8) is 0 Å². The van der Waals surface area contributed by atoms with Crippen molar-refractivity contribution < 1.29 is 14.6 Å². The number of rotatable bonds is 1. The summed E-state index contributed by atoms with van der Waals surface area (Å²) >= 11 is 0. The maximum absolute atomic E-state index is 10.5. The summed E-state index contributed by atoms with van der Waals surface area (Å²) in [6.07, 6.45) is -1.23. The van der Waals surface area contributed by atoms with Crippen LogP contribution in [-0.4, -0.2) is 29.4 Å². The van der Waals surface area contributed by atoms with Gasteiger partial charge < -0.3 is 15.2 Å². The molecule has 10 heavy (non-hydrogen) atoms. The number of hydrogen-bond acceptors (Lipinski definition) is 3. The lowest BCUT2D eigenvalue weighted by molar-refractivity contribution is 0.0973. The number of alkyl carbamates (subject to hydrolysis) is 1. The van der Waals surface area contributed by atoms with Gasteiger partial charge in [0.15, 0.2) is 0 Å². The molecule has 1 aliphatic rings. The molecular weight excluding hydrogens is 134 g/mol. The molecule has 1 amide bonds. The summed E-state index contributed by atoms with van der Waals surface area (Å²) in [7, 11) is 0. The lowest BCUT2D eigenvalue weighted by Crippen LogP contribution is -2.39. The van der Waals surface area contributed by atoms with Gasteiger partial charge in [-0.1, -0.05) is 0 Å². The van der Waals surface area contributed by atoms with Gasteiger partial charge in [-0.2, -0.15) is 0 Å². The van der Waals surface area contributed by atoms with Crippen molar-refractivity contribution >= 4 is 6.09 Å². The van der Waals surface area contributed by atoms with Crippen molar-refractivity contribution in [2.24, 2.45) is 0 Å². The SMILES string of the molecule is C[C@@H]1OC(=O)N[C@H]1[C@@H](C)O. The summed E-state index contributed by atoms with van der Waals surface area (Å²) in [5, 5.41) is 11.5. The van der Waals surface area contributed by atoms with Crippen LogP contribution < -0.4 is 5.32 Å².